The van der Waals surface area contributed by atoms with Crippen LogP contribution < -0.4 is 4.72 Å². The van der Waals surface area contributed by atoms with Gasteiger partial charge in [-0.25, -0.2) is 12.8 Å². The number of hydrogen-bond acceptors (Lipinski definition) is 3. The van der Waals surface area contributed by atoms with Gasteiger partial charge in [-0.3, -0.25) is 9.71 Å². The molecule has 0 saturated heterocycles. The molecule has 1 N–H and O–H groups in total. The van der Waals surface area contributed by atoms with E-state index in [0.717, 1.165) is 16.2 Å². The van der Waals surface area contributed by atoms with E-state index in [1.54, 1.807) is 13.0 Å². The molecule has 0 fully saturated rings. The first-order valence-electron chi connectivity index (χ1n) is 5.28. The monoisotopic (exact) mass is 344 g/mol. The SMILES string of the molecule is Cc1cc(S(=O)(=O)Nc2ccncc2F)ccc1Br. The van der Waals surface area contributed by atoms with Crippen molar-refractivity contribution in [3.8, 4) is 0 Å². The zero-order valence-electron chi connectivity index (χ0n) is 9.89. The minimum absolute atomic E-state index is 0.0735. The summed E-state index contributed by atoms with van der Waals surface area (Å²) < 4.78 is 40.6. The topological polar surface area (TPSA) is 59.1 Å². The fraction of sp³-hybridized carbons (Fsp3) is 0.0833. The number of rotatable bonds is 3. The fourth-order valence-corrected chi connectivity index (χ4v) is 2.84. The molecule has 0 aliphatic carbocycles. The Hall–Kier alpha value is -1.47. The minimum Gasteiger partial charge on any atom is -0.277 e. The smallest absolute Gasteiger partial charge is 0.261 e. The molecule has 0 unspecified atom stereocenters. The van der Waals surface area contributed by atoms with Crippen LogP contribution in [0.25, 0.3) is 0 Å². The van der Waals surface area contributed by atoms with Crippen LogP contribution in [0.1, 0.15) is 5.56 Å². The van der Waals surface area contributed by atoms with Crippen molar-refractivity contribution in [3.63, 3.8) is 0 Å². The molecule has 1 aromatic carbocycles. The standard InChI is InChI=1S/C12H10BrFN2O2S/c1-8-6-9(2-3-10(8)13)19(17,18)16-12-4-5-15-7-11(12)14/h2-7H,1H3,(H,15,16). The Morgan fingerprint density at radius 2 is 2.05 bits per heavy atom. The van der Waals surface area contributed by atoms with Crippen molar-refractivity contribution in [3.05, 3.63) is 52.5 Å². The first-order chi connectivity index (χ1) is 8.90. The summed E-state index contributed by atoms with van der Waals surface area (Å²) in [4.78, 5) is 3.63. The van der Waals surface area contributed by atoms with Gasteiger partial charge >= 0.3 is 0 Å². The maximum absolute atomic E-state index is 13.4. The number of aryl methyl sites for hydroxylation is 1. The zero-order chi connectivity index (χ0) is 14.0. The van der Waals surface area contributed by atoms with E-state index in [4.69, 9.17) is 0 Å². The molecule has 19 heavy (non-hydrogen) atoms. The minimum atomic E-state index is -3.81. The normalized spacial score (nSPS) is 11.3. The number of hydrogen-bond donors (Lipinski definition) is 1. The van der Waals surface area contributed by atoms with Gasteiger partial charge in [-0.05, 0) is 36.8 Å². The summed E-state index contributed by atoms with van der Waals surface area (Å²) in [6.07, 6.45) is 2.26. The third-order valence-corrected chi connectivity index (χ3v) is 4.71. The number of halogens is 2. The van der Waals surface area contributed by atoms with Crippen molar-refractivity contribution in [1.82, 2.24) is 4.98 Å². The molecule has 1 heterocycles. The first kappa shape index (κ1) is 14.0. The van der Waals surface area contributed by atoms with Crippen molar-refractivity contribution in [2.75, 3.05) is 4.72 Å². The average Bonchev–Trinajstić information content (AvgIpc) is 2.35. The molecule has 2 aromatic rings. The second-order valence-electron chi connectivity index (χ2n) is 3.87. The van der Waals surface area contributed by atoms with E-state index in [-0.39, 0.29) is 10.6 Å². The number of anilines is 1. The number of pyridine rings is 1. The van der Waals surface area contributed by atoms with Crippen LogP contribution in [0.2, 0.25) is 0 Å². The quantitative estimate of drug-likeness (QED) is 0.930. The molecule has 0 spiro atoms. The second kappa shape index (κ2) is 5.26. The van der Waals surface area contributed by atoms with Crippen molar-refractivity contribution in [2.24, 2.45) is 0 Å². The molecule has 0 radical (unpaired) electrons. The number of nitrogens with one attached hydrogen (secondary N) is 1. The summed E-state index contributed by atoms with van der Waals surface area (Å²) in [6.45, 7) is 1.77. The van der Waals surface area contributed by atoms with Gasteiger partial charge in [0.2, 0.25) is 0 Å². The van der Waals surface area contributed by atoms with Gasteiger partial charge in [-0.2, -0.15) is 0 Å². The van der Waals surface area contributed by atoms with Gasteiger partial charge in [0.15, 0.2) is 5.82 Å². The van der Waals surface area contributed by atoms with Crippen molar-refractivity contribution in [2.45, 2.75) is 11.8 Å². The summed E-state index contributed by atoms with van der Waals surface area (Å²) in [6, 6.07) is 5.84. The van der Waals surface area contributed by atoms with E-state index < -0.39 is 15.8 Å². The number of sulfonamides is 1. The summed E-state index contributed by atoms with van der Waals surface area (Å²) in [5, 5.41) is 0. The predicted octanol–water partition coefficient (Wildman–Crippen LogP) is 3.09. The fourth-order valence-electron chi connectivity index (χ4n) is 1.45. The van der Waals surface area contributed by atoms with Crippen LogP contribution in [0.4, 0.5) is 10.1 Å². The van der Waals surface area contributed by atoms with Crippen molar-refractivity contribution in [1.29, 1.82) is 0 Å². The van der Waals surface area contributed by atoms with E-state index >= 15 is 0 Å². The number of nitrogens with zero attached hydrogens (tertiary/aromatic N) is 1. The Morgan fingerprint density at radius 1 is 1.32 bits per heavy atom. The summed E-state index contributed by atoms with van der Waals surface area (Å²) in [7, 11) is -3.81. The summed E-state index contributed by atoms with van der Waals surface area (Å²) >= 11 is 3.29. The number of benzene rings is 1. The van der Waals surface area contributed by atoms with Gasteiger partial charge < -0.3 is 0 Å². The Balaban J connectivity index is 2.38. The Kier molecular flexibility index (Phi) is 3.86. The van der Waals surface area contributed by atoms with Gasteiger partial charge in [-0.15, -0.1) is 0 Å². The lowest BCUT2D eigenvalue weighted by molar-refractivity contribution is 0.598. The highest BCUT2D eigenvalue weighted by molar-refractivity contribution is 9.10. The lowest BCUT2D eigenvalue weighted by Gasteiger charge is -2.09. The Bertz CT molecular complexity index is 719. The highest BCUT2D eigenvalue weighted by atomic mass is 79.9. The largest absolute Gasteiger partial charge is 0.277 e. The van der Waals surface area contributed by atoms with Crippen molar-refractivity contribution >= 4 is 31.6 Å². The third kappa shape index (κ3) is 3.10. The van der Waals surface area contributed by atoms with Crippen LogP contribution in [0.3, 0.4) is 0 Å². The molecule has 4 nitrogen and oxygen atoms in total. The molecule has 100 valence electrons. The van der Waals surface area contributed by atoms with Gasteiger partial charge in [0.25, 0.3) is 10.0 Å². The molecular weight excluding hydrogens is 335 g/mol. The van der Waals surface area contributed by atoms with Gasteiger partial charge in [0, 0.05) is 10.7 Å². The molecule has 0 bridgehead atoms. The van der Waals surface area contributed by atoms with E-state index in [1.165, 1.54) is 24.4 Å². The maximum atomic E-state index is 13.4. The average molecular weight is 345 g/mol. The Labute approximate surface area is 118 Å². The molecule has 2 rings (SSSR count). The van der Waals surface area contributed by atoms with Crippen LogP contribution in [0, 0.1) is 12.7 Å². The lowest BCUT2D eigenvalue weighted by atomic mass is 10.2. The Morgan fingerprint density at radius 3 is 2.68 bits per heavy atom. The van der Waals surface area contributed by atoms with Gasteiger partial charge in [-0.1, -0.05) is 15.9 Å². The second-order valence-corrected chi connectivity index (χ2v) is 6.41. The van der Waals surface area contributed by atoms with E-state index in [0.29, 0.717) is 0 Å². The number of aromatic nitrogens is 1. The zero-order valence-corrected chi connectivity index (χ0v) is 12.3. The maximum Gasteiger partial charge on any atom is 0.261 e. The molecule has 0 saturated carbocycles. The van der Waals surface area contributed by atoms with Crippen LogP contribution in [0.5, 0.6) is 0 Å². The summed E-state index contributed by atoms with van der Waals surface area (Å²) in [5.74, 6) is -0.722. The van der Waals surface area contributed by atoms with Crippen LogP contribution >= 0.6 is 15.9 Å². The highest BCUT2D eigenvalue weighted by Gasteiger charge is 2.16. The molecule has 1 aromatic heterocycles. The van der Waals surface area contributed by atoms with E-state index in [1.807, 2.05) is 0 Å². The molecule has 0 aliphatic heterocycles. The molecule has 0 aliphatic rings. The molecule has 0 atom stereocenters. The first-order valence-corrected chi connectivity index (χ1v) is 7.56. The van der Waals surface area contributed by atoms with Gasteiger partial charge in [0.05, 0.1) is 16.8 Å². The molecule has 0 amide bonds. The van der Waals surface area contributed by atoms with Gasteiger partial charge in [0.1, 0.15) is 0 Å². The lowest BCUT2D eigenvalue weighted by Crippen LogP contribution is -2.14. The molecule has 7 heteroatoms. The highest BCUT2D eigenvalue weighted by Crippen LogP contribution is 2.22. The summed E-state index contributed by atoms with van der Waals surface area (Å²) in [5.41, 5.74) is 0.647. The predicted molar refractivity (Wildman–Crippen MR) is 73.9 cm³/mol. The van der Waals surface area contributed by atoms with Crippen LogP contribution in [-0.2, 0) is 10.0 Å². The van der Waals surface area contributed by atoms with E-state index in [9.17, 15) is 12.8 Å². The van der Waals surface area contributed by atoms with E-state index in [2.05, 4.69) is 25.6 Å². The van der Waals surface area contributed by atoms with Crippen molar-refractivity contribution < 1.29 is 12.8 Å². The molecular formula is C12H10BrFN2O2S. The van der Waals surface area contributed by atoms with Crippen LogP contribution in [0.15, 0.2) is 46.0 Å². The third-order valence-electron chi connectivity index (χ3n) is 2.46. The van der Waals surface area contributed by atoms with Crippen LogP contribution in [-0.4, -0.2) is 13.4 Å².